The van der Waals surface area contributed by atoms with Crippen molar-refractivity contribution in [1.82, 2.24) is 25.3 Å². The van der Waals surface area contributed by atoms with E-state index in [1.807, 2.05) is 25.7 Å². The van der Waals surface area contributed by atoms with Crippen LogP contribution >= 0.6 is 11.6 Å². The van der Waals surface area contributed by atoms with Gasteiger partial charge in [0, 0.05) is 55.5 Å². The molecular weight excluding hydrogens is 482 g/mol. The molecule has 0 saturated carbocycles. The van der Waals surface area contributed by atoms with Gasteiger partial charge in [0.1, 0.15) is 0 Å². The van der Waals surface area contributed by atoms with Gasteiger partial charge in [0.15, 0.2) is 0 Å². The highest BCUT2D eigenvalue weighted by molar-refractivity contribution is 6.30. The lowest BCUT2D eigenvalue weighted by atomic mass is 9.94. The molecule has 3 rings (SSSR count). The zero-order valence-electron chi connectivity index (χ0n) is 21.4. The van der Waals surface area contributed by atoms with Gasteiger partial charge in [0.05, 0.1) is 18.2 Å². The van der Waals surface area contributed by atoms with Gasteiger partial charge in [0.25, 0.3) is 0 Å². The molecule has 196 valence electrons. The van der Waals surface area contributed by atoms with Crippen LogP contribution in [0.5, 0.6) is 0 Å². The molecule has 2 heterocycles. The van der Waals surface area contributed by atoms with Crippen LogP contribution in [0.3, 0.4) is 0 Å². The Balaban J connectivity index is 1.96. The van der Waals surface area contributed by atoms with E-state index in [1.165, 1.54) is 4.90 Å². The van der Waals surface area contributed by atoms with E-state index in [9.17, 15) is 14.4 Å². The Morgan fingerprint density at radius 2 is 1.97 bits per heavy atom. The minimum Gasteiger partial charge on any atom is -0.463 e. The normalized spacial score (nSPS) is 20.9. The summed E-state index contributed by atoms with van der Waals surface area (Å²) in [5, 5.41) is 6.46. The van der Waals surface area contributed by atoms with Crippen LogP contribution in [0, 0.1) is 0 Å². The van der Waals surface area contributed by atoms with E-state index in [0.29, 0.717) is 42.5 Å². The largest absolute Gasteiger partial charge is 0.463 e. The van der Waals surface area contributed by atoms with Crippen LogP contribution < -0.4 is 10.6 Å². The standard InChI is InChI=1S/C26H36ClN5O4/c1-6-12-32-21(16-30-13-14-31(18(5)15-30)25(34)28-17(3)4)22(24(33)36-7-2)23(29-26(32)35)19-8-10-20(27)11-9-19/h6,8-11,17-18,23H,1,7,12-16H2,2-5H3,(H,28,34)(H,29,35)/t18-,23-/m1/s1. The minimum absolute atomic E-state index is 0.0403. The second-order valence-electron chi connectivity index (χ2n) is 9.30. The van der Waals surface area contributed by atoms with E-state index in [0.717, 1.165) is 5.56 Å². The van der Waals surface area contributed by atoms with Crippen molar-refractivity contribution in [3.63, 3.8) is 0 Å². The number of rotatable bonds is 8. The fourth-order valence-corrected chi connectivity index (χ4v) is 4.70. The molecular formula is C26H36ClN5O4. The molecule has 10 heteroatoms. The van der Waals surface area contributed by atoms with Crippen molar-refractivity contribution in [2.45, 2.75) is 45.8 Å². The second-order valence-corrected chi connectivity index (χ2v) is 9.73. The van der Waals surface area contributed by atoms with Crippen molar-refractivity contribution < 1.29 is 19.1 Å². The van der Waals surface area contributed by atoms with Crippen LogP contribution in [0.1, 0.15) is 39.3 Å². The summed E-state index contributed by atoms with van der Waals surface area (Å²) in [5.74, 6) is -0.482. The Morgan fingerprint density at radius 3 is 2.56 bits per heavy atom. The van der Waals surface area contributed by atoms with Crippen LogP contribution in [-0.4, -0.2) is 84.1 Å². The Labute approximate surface area is 218 Å². The van der Waals surface area contributed by atoms with Gasteiger partial charge in [-0.05, 0) is 45.4 Å². The van der Waals surface area contributed by atoms with Gasteiger partial charge in [0.2, 0.25) is 0 Å². The third kappa shape index (κ3) is 6.39. The molecule has 36 heavy (non-hydrogen) atoms. The number of ether oxygens (including phenoxy) is 1. The highest BCUT2D eigenvalue weighted by atomic mass is 35.5. The van der Waals surface area contributed by atoms with Crippen molar-refractivity contribution in [3.8, 4) is 0 Å². The summed E-state index contributed by atoms with van der Waals surface area (Å²) in [6.07, 6.45) is 1.63. The van der Waals surface area contributed by atoms with Crippen molar-refractivity contribution in [1.29, 1.82) is 0 Å². The first-order chi connectivity index (χ1) is 17.2. The van der Waals surface area contributed by atoms with Crippen molar-refractivity contribution in [2.24, 2.45) is 0 Å². The summed E-state index contributed by atoms with van der Waals surface area (Å²) in [6.45, 7) is 13.9. The maximum atomic E-state index is 13.3. The quantitative estimate of drug-likeness (QED) is 0.406. The molecule has 0 radical (unpaired) electrons. The molecule has 1 fully saturated rings. The summed E-state index contributed by atoms with van der Waals surface area (Å²) in [4.78, 5) is 44.6. The van der Waals surface area contributed by atoms with Crippen molar-refractivity contribution >= 4 is 29.6 Å². The highest BCUT2D eigenvalue weighted by Gasteiger charge is 2.39. The predicted molar refractivity (Wildman–Crippen MR) is 140 cm³/mol. The summed E-state index contributed by atoms with van der Waals surface area (Å²) in [5.41, 5.74) is 1.69. The number of halogens is 1. The number of urea groups is 2. The van der Waals surface area contributed by atoms with Gasteiger partial charge < -0.3 is 20.3 Å². The Morgan fingerprint density at radius 1 is 1.28 bits per heavy atom. The van der Waals surface area contributed by atoms with Gasteiger partial charge in [-0.1, -0.05) is 29.8 Å². The van der Waals surface area contributed by atoms with E-state index in [2.05, 4.69) is 22.1 Å². The number of hydrogen-bond donors (Lipinski definition) is 2. The lowest BCUT2D eigenvalue weighted by Crippen LogP contribution is -2.58. The van der Waals surface area contributed by atoms with E-state index in [1.54, 1.807) is 37.3 Å². The average Bonchev–Trinajstić information content (AvgIpc) is 2.81. The van der Waals surface area contributed by atoms with Crippen molar-refractivity contribution in [2.75, 3.05) is 39.3 Å². The fraction of sp³-hybridized carbons (Fsp3) is 0.500. The zero-order valence-corrected chi connectivity index (χ0v) is 22.2. The van der Waals surface area contributed by atoms with Crippen LogP contribution in [-0.2, 0) is 9.53 Å². The van der Waals surface area contributed by atoms with Crippen LogP contribution in [0.25, 0.3) is 0 Å². The lowest BCUT2D eigenvalue weighted by Gasteiger charge is -2.43. The maximum absolute atomic E-state index is 13.3. The second kappa shape index (κ2) is 12.3. The van der Waals surface area contributed by atoms with Crippen LogP contribution in [0.4, 0.5) is 9.59 Å². The first-order valence-corrected chi connectivity index (χ1v) is 12.7. The van der Waals surface area contributed by atoms with E-state index in [-0.39, 0.29) is 37.3 Å². The molecule has 9 nitrogen and oxygen atoms in total. The highest BCUT2D eigenvalue weighted by Crippen LogP contribution is 2.33. The van der Waals surface area contributed by atoms with E-state index >= 15 is 0 Å². The van der Waals surface area contributed by atoms with E-state index < -0.39 is 12.0 Å². The molecule has 2 aliphatic rings. The zero-order chi connectivity index (χ0) is 26.4. The summed E-state index contributed by atoms with van der Waals surface area (Å²) < 4.78 is 5.44. The molecule has 0 aromatic heterocycles. The molecule has 1 aromatic carbocycles. The van der Waals surface area contributed by atoms with Gasteiger partial charge in [-0.2, -0.15) is 0 Å². The number of nitrogens with zero attached hydrogens (tertiary/aromatic N) is 3. The molecule has 0 unspecified atom stereocenters. The smallest absolute Gasteiger partial charge is 0.338 e. The number of carbonyl (C=O) groups is 3. The van der Waals surface area contributed by atoms with Crippen molar-refractivity contribution in [3.05, 3.63) is 58.8 Å². The molecule has 0 spiro atoms. The maximum Gasteiger partial charge on any atom is 0.338 e. The molecule has 2 N–H and O–H groups in total. The molecule has 2 atom stereocenters. The van der Waals surface area contributed by atoms with Gasteiger partial charge in [-0.15, -0.1) is 6.58 Å². The summed E-state index contributed by atoms with van der Waals surface area (Å²) >= 11 is 6.08. The Kier molecular flexibility index (Phi) is 9.39. The molecule has 4 amide bonds. The monoisotopic (exact) mass is 517 g/mol. The van der Waals surface area contributed by atoms with Gasteiger partial charge in [-0.25, -0.2) is 14.4 Å². The van der Waals surface area contributed by atoms with Crippen LogP contribution in [0.15, 0.2) is 48.2 Å². The average molecular weight is 518 g/mol. The number of hydrogen-bond acceptors (Lipinski definition) is 5. The Hall–Kier alpha value is -3.04. The number of nitrogens with one attached hydrogen (secondary N) is 2. The SMILES string of the molecule is C=CCN1C(=O)N[C@H](c2ccc(Cl)cc2)C(C(=O)OCC)=C1CN1CCN(C(=O)NC(C)C)[C@H](C)C1. The van der Waals surface area contributed by atoms with Crippen LogP contribution in [0.2, 0.25) is 5.02 Å². The molecule has 0 aliphatic carbocycles. The fourth-order valence-electron chi connectivity index (χ4n) is 4.57. The lowest BCUT2D eigenvalue weighted by molar-refractivity contribution is -0.139. The van der Waals surface area contributed by atoms with E-state index in [4.69, 9.17) is 16.3 Å². The number of amides is 4. The van der Waals surface area contributed by atoms with Gasteiger partial charge in [-0.3, -0.25) is 9.80 Å². The van der Waals surface area contributed by atoms with Gasteiger partial charge >= 0.3 is 18.0 Å². The number of benzene rings is 1. The summed E-state index contributed by atoms with van der Waals surface area (Å²) in [7, 11) is 0. The summed E-state index contributed by atoms with van der Waals surface area (Å²) in [6, 6.07) is 5.97. The third-order valence-electron chi connectivity index (χ3n) is 6.21. The first-order valence-electron chi connectivity index (χ1n) is 12.3. The number of piperazine rings is 1. The molecule has 2 aliphatic heterocycles. The molecule has 1 saturated heterocycles. The minimum atomic E-state index is -0.680. The number of esters is 1. The topological polar surface area (TPSA) is 94.2 Å². The Bertz CT molecular complexity index is 1010. The third-order valence-corrected chi connectivity index (χ3v) is 6.46. The predicted octanol–water partition coefficient (Wildman–Crippen LogP) is 3.53. The first kappa shape index (κ1) is 27.5. The molecule has 0 bridgehead atoms. The number of carbonyl (C=O) groups excluding carboxylic acids is 3. The molecule has 1 aromatic rings.